The minimum Gasteiger partial charge on any atom is -0.374 e. The smallest absolute Gasteiger partial charge is 0.143 e. The highest BCUT2D eigenvalue weighted by Gasteiger charge is 2.04. The van der Waals surface area contributed by atoms with Gasteiger partial charge in [0.05, 0.1) is 0 Å². The van der Waals surface area contributed by atoms with Crippen LogP contribution in [0.2, 0.25) is 0 Å². The molecule has 0 rings (SSSR count). The molecule has 0 aromatic heterocycles. The highest BCUT2D eigenvalue weighted by Crippen LogP contribution is 2.08. The molecule has 0 saturated heterocycles. The van der Waals surface area contributed by atoms with Gasteiger partial charge < -0.3 is 10.2 Å². The first-order valence-electron chi connectivity index (χ1n) is 3.26. The number of thiocarbonyl (C=S) groups is 2. The lowest BCUT2D eigenvalue weighted by Gasteiger charge is -2.16. The second-order valence-electron chi connectivity index (χ2n) is 1.92. The van der Waals surface area contributed by atoms with Crippen molar-refractivity contribution in [3.05, 3.63) is 0 Å². The number of hydrogen-bond acceptors (Lipinski definition) is 3. The van der Waals surface area contributed by atoms with Crippen LogP contribution in [0, 0.1) is 0 Å². The van der Waals surface area contributed by atoms with E-state index in [0.717, 1.165) is 15.2 Å². The van der Waals surface area contributed by atoms with E-state index in [1.807, 2.05) is 11.9 Å². The van der Waals surface area contributed by atoms with E-state index in [0.29, 0.717) is 0 Å². The molecule has 0 unspecified atom stereocenters. The van der Waals surface area contributed by atoms with Crippen molar-refractivity contribution in [1.82, 2.24) is 10.2 Å². The molecule has 1 N–H and O–H groups in total. The lowest BCUT2D eigenvalue weighted by atomic mass is 10.7. The lowest BCUT2D eigenvalue weighted by Crippen LogP contribution is -2.25. The highest BCUT2D eigenvalue weighted by atomic mass is 32.2. The van der Waals surface area contributed by atoms with Crippen molar-refractivity contribution < 1.29 is 0 Å². The van der Waals surface area contributed by atoms with E-state index in [2.05, 4.69) is 12.2 Å². The van der Waals surface area contributed by atoms with Gasteiger partial charge in [-0.2, -0.15) is 0 Å². The van der Waals surface area contributed by atoms with Crippen LogP contribution in [0.5, 0.6) is 0 Å². The number of hydrogen-bond donors (Lipinski definition) is 1. The van der Waals surface area contributed by atoms with E-state index < -0.39 is 0 Å². The molecule has 0 spiro atoms. The van der Waals surface area contributed by atoms with Crippen molar-refractivity contribution in [2.45, 2.75) is 6.92 Å². The van der Waals surface area contributed by atoms with Gasteiger partial charge in [0.2, 0.25) is 0 Å². The average Bonchev–Trinajstić information content (AvgIpc) is 2.02. The molecule has 2 nitrogen and oxygen atoms in total. The van der Waals surface area contributed by atoms with Crippen molar-refractivity contribution in [3.63, 3.8) is 0 Å². The maximum atomic E-state index is 5.08. The zero-order valence-corrected chi connectivity index (χ0v) is 9.33. The number of thioether (sulfide) groups is 1. The van der Waals surface area contributed by atoms with Crippen LogP contribution in [-0.4, -0.2) is 34.2 Å². The van der Waals surface area contributed by atoms with Gasteiger partial charge in [-0.15, -0.1) is 0 Å². The molecule has 0 aromatic carbocycles. The molecular weight excluding hydrogens is 196 g/mol. The normalized spacial score (nSPS) is 9.00. The summed E-state index contributed by atoms with van der Waals surface area (Å²) < 4.78 is 1.53. The predicted molar refractivity (Wildman–Crippen MR) is 60.2 cm³/mol. The molecule has 0 amide bonds. The van der Waals surface area contributed by atoms with Crippen LogP contribution in [0.4, 0.5) is 0 Å². The Hall–Kier alpha value is 0.130. The van der Waals surface area contributed by atoms with Crippen LogP contribution in [0.25, 0.3) is 0 Å². The third kappa shape index (κ3) is 4.55. The maximum absolute atomic E-state index is 5.08. The largest absolute Gasteiger partial charge is 0.374 e. The van der Waals surface area contributed by atoms with E-state index in [4.69, 9.17) is 24.4 Å². The van der Waals surface area contributed by atoms with Crippen molar-refractivity contribution in [2.75, 3.05) is 20.6 Å². The van der Waals surface area contributed by atoms with Gasteiger partial charge in [-0.1, -0.05) is 24.4 Å². The van der Waals surface area contributed by atoms with Gasteiger partial charge in [0.15, 0.2) is 0 Å². The first-order valence-corrected chi connectivity index (χ1v) is 4.89. The number of nitrogens with zero attached hydrogens (tertiary/aromatic N) is 1. The second-order valence-corrected chi connectivity index (χ2v) is 4.23. The summed E-state index contributed by atoms with van der Waals surface area (Å²) in [4.78, 5) is 1.98. The summed E-state index contributed by atoms with van der Waals surface area (Å²) in [5.41, 5.74) is 0. The molecule has 0 aliphatic heterocycles. The van der Waals surface area contributed by atoms with Crippen molar-refractivity contribution in [3.8, 4) is 0 Å². The summed E-state index contributed by atoms with van der Waals surface area (Å²) in [5, 5.41) is 2.86. The van der Waals surface area contributed by atoms with Crippen molar-refractivity contribution >= 4 is 44.8 Å². The van der Waals surface area contributed by atoms with Gasteiger partial charge >= 0.3 is 0 Å². The van der Waals surface area contributed by atoms with Crippen LogP contribution in [0.15, 0.2) is 0 Å². The monoisotopic (exact) mass is 208 g/mol. The molecule has 11 heavy (non-hydrogen) atoms. The predicted octanol–water partition coefficient (Wildman–Crippen LogP) is 1.46. The first kappa shape index (κ1) is 11.1. The Morgan fingerprint density at radius 2 is 2.09 bits per heavy atom. The Labute approximate surface area is 82.7 Å². The summed E-state index contributed by atoms with van der Waals surface area (Å²) in [6.45, 7) is 2.97. The van der Waals surface area contributed by atoms with Crippen molar-refractivity contribution in [1.29, 1.82) is 0 Å². The lowest BCUT2D eigenvalue weighted by molar-refractivity contribution is 0.555. The van der Waals surface area contributed by atoms with Crippen LogP contribution < -0.4 is 5.32 Å². The summed E-state index contributed by atoms with van der Waals surface area (Å²) in [7, 11) is 3.75. The Morgan fingerprint density at radius 3 is 2.45 bits per heavy atom. The standard InChI is InChI=1S/C6H12N2S3/c1-4-8(3)6(10)11-5(9)7-2/h4H2,1-3H3,(H,7,9). The summed E-state index contributed by atoms with van der Waals surface area (Å²) in [6.07, 6.45) is 0. The van der Waals surface area contributed by atoms with Crippen molar-refractivity contribution in [2.24, 2.45) is 0 Å². The third-order valence-corrected chi connectivity index (χ3v) is 3.06. The maximum Gasteiger partial charge on any atom is 0.143 e. The van der Waals surface area contributed by atoms with E-state index in [9.17, 15) is 0 Å². The van der Waals surface area contributed by atoms with E-state index >= 15 is 0 Å². The van der Waals surface area contributed by atoms with Gasteiger partial charge in [-0.25, -0.2) is 0 Å². The molecule has 0 aliphatic rings. The molecule has 5 heteroatoms. The molecule has 0 saturated carbocycles. The van der Waals surface area contributed by atoms with Crippen LogP contribution in [0.3, 0.4) is 0 Å². The molecule has 0 aromatic rings. The highest BCUT2D eigenvalue weighted by molar-refractivity contribution is 8.37. The Bertz CT molecular complexity index is 158. The molecule has 0 radical (unpaired) electrons. The zero-order chi connectivity index (χ0) is 8.85. The van der Waals surface area contributed by atoms with Gasteiger partial charge in [0.25, 0.3) is 0 Å². The summed E-state index contributed by atoms with van der Waals surface area (Å²) in [6, 6.07) is 0. The van der Waals surface area contributed by atoms with E-state index in [1.54, 1.807) is 7.05 Å². The SMILES string of the molecule is CCN(C)C(=S)SC(=S)NC. The summed E-state index contributed by atoms with van der Waals surface area (Å²) in [5.74, 6) is 0. The minimum absolute atomic E-state index is 0.718. The Morgan fingerprint density at radius 1 is 1.55 bits per heavy atom. The quantitative estimate of drug-likeness (QED) is 0.654. The summed E-state index contributed by atoms with van der Waals surface area (Å²) >= 11 is 11.4. The fraction of sp³-hybridized carbons (Fsp3) is 0.667. The molecular formula is C6H12N2S3. The second kappa shape index (κ2) is 5.74. The fourth-order valence-corrected chi connectivity index (χ4v) is 1.66. The molecule has 0 atom stereocenters. The van der Waals surface area contributed by atoms with Gasteiger partial charge in [-0.05, 0) is 18.7 Å². The van der Waals surface area contributed by atoms with Gasteiger partial charge in [-0.3, -0.25) is 0 Å². The molecule has 0 bridgehead atoms. The first-order chi connectivity index (χ1) is 5.11. The fourth-order valence-electron chi connectivity index (χ4n) is 0.337. The topological polar surface area (TPSA) is 15.3 Å². The average molecular weight is 208 g/mol. The minimum atomic E-state index is 0.718. The van der Waals surface area contributed by atoms with E-state index in [1.165, 1.54) is 11.8 Å². The molecule has 64 valence electrons. The molecule has 0 aliphatic carbocycles. The zero-order valence-electron chi connectivity index (χ0n) is 6.88. The molecule has 0 heterocycles. The Balaban J connectivity index is 3.77. The van der Waals surface area contributed by atoms with Crippen LogP contribution in [-0.2, 0) is 0 Å². The molecule has 0 fully saturated rings. The van der Waals surface area contributed by atoms with Gasteiger partial charge in [0.1, 0.15) is 8.64 Å². The van der Waals surface area contributed by atoms with Crippen LogP contribution >= 0.6 is 36.2 Å². The Kier molecular flexibility index (Phi) is 5.81. The number of rotatable bonds is 1. The van der Waals surface area contributed by atoms with Gasteiger partial charge in [0, 0.05) is 20.6 Å². The van der Waals surface area contributed by atoms with E-state index in [-0.39, 0.29) is 0 Å². The van der Waals surface area contributed by atoms with Crippen LogP contribution in [0.1, 0.15) is 6.92 Å². The third-order valence-electron chi connectivity index (χ3n) is 1.17. The number of nitrogens with one attached hydrogen (secondary N) is 1.